The highest BCUT2D eigenvalue weighted by molar-refractivity contribution is 6.03. The summed E-state index contributed by atoms with van der Waals surface area (Å²) in [6.45, 7) is 0. The van der Waals surface area contributed by atoms with Crippen molar-refractivity contribution in [1.29, 1.82) is 0 Å². The molecule has 3 N–H and O–H groups in total. The average molecular weight is 286 g/mol. The van der Waals surface area contributed by atoms with Crippen LogP contribution >= 0.6 is 0 Å². The van der Waals surface area contributed by atoms with Gasteiger partial charge in [-0.05, 0) is 36.8 Å². The van der Waals surface area contributed by atoms with Crippen molar-refractivity contribution in [2.45, 2.75) is 37.5 Å². The third kappa shape index (κ3) is 2.04. The first kappa shape index (κ1) is 13.8. The van der Waals surface area contributed by atoms with E-state index >= 15 is 0 Å². The molecule has 5 heteroatoms. The minimum Gasteiger partial charge on any atom is -0.369 e. The van der Waals surface area contributed by atoms with Crippen molar-refractivity contribution in [3.8, 4) is 0 Å². The SMILES string of the molecule is NC(=O)C1([C@@H]2CCC(=O)NC2=O)CCCc2ccccc21. The summed E-state index contributed by atoms with van der Waals surface area (Å²) in [6, 6.07) is 7.68. The number of benzene rings is 1. The zero-order chi connectivity index (χ0) is 15.0. The molecule has 0 spiro atoms. The summed E-state index contributed by atoms with van der Waals surface area (Å²) >= 11 is 0. The van der Waals surface area contributed by atoms with Crippen LogP contribution in [0.5, 0.6) is 0 Å². The molecule has 0 saturated carbocycles. The Bertz CT molecular complexity index is 626. The van der Waals surface area contributed by atoms with Crippen LogP contribution in [0.25, 0.3) is 0 Å². The number of imide groups is 1. The topological polar surface area (TPSA) is 89.3 Å². The molecule has 1 saturated heterocycles. The van der Waals surface area contributed by atoms with Crippen LogP contribution in [-0.4, -0.2) is 17.7 Å². The standard InChI is InChI=1S/C16H18N2O3/c17-15(21)16(12-7-8-13(19)18-14(12)20)9-3-5-10-4-1-2-6-11(10)16/h1-2,4,6,12H,3,5,7-9H2,(H2,17,21)(H,18,19,20)/t12-,16?/m1/s1. The van der Waals surface area contributed by atoms with E-state index in [9.17, 15) is 14.4 Å². The molecule has 1 aliphatic carbocycles. The molecule has 0 bridgehead atoms. The van der Waals surface area contributed by atoms with Crippen LogP contribution in [0.2, 0.25) is 0 Å². The Labute approximate surface area is 122 Å². The summed E-state index contributed by atoms with van der Waals surface area (Å²) in [7, 11) is 0. The molecule has 1 heterocycles. The van der Waals surface area contributed by atoms with Gasteiger partial charge in [-0.3, -0.25) is 19.7 Å². The second-order valence-electron chi connectivity index (χ2n) is 5.85. The molecule has 1 unspecified atom stereocenters. The van der Waals surface area contributed by atoms with Gasteiger partial charge in [-0.2, -0.15) is 0 Å². The molecular weight excluding hydrogens is 268 g/mol. The summed E-state index contributed by atoms with van der Waals surface area (Å²) in [5.74, 6) is -1.68. The van der Waals surface area contributed by atoms with Gasteiger partial charge in [0.2, 0.25) is 17.7 Å². The molecule has 1 fully saturated rings. The van der Waals surface area contributed by atoms with Gasteiger partial charge in [0.1, 0.15) is 0 Å². The molecule has 1 aromatic carbocycles. The van der Waals surface area contributed by atoms with Crippen LogP contribution in [0, 0.1) is 5.92 Å². The number of hydrogen-bond donors (Lipinski definition) is 2. The summed E-state index contributed by atoms with van der Waals surface area (Å²) in [5, 5.41) is 2.35. The van der Waals surface area contributed by atoms with Gasteiger partial charge in [-0.15, -0.1) is 0 Å². The van der Waals surface area contributed by atoms with E-state index in [1.807, 2.05) is 24.3 Å². The normalized spacial score (nSPS) is 28.7. The van der Waals surface area contributed by atoms with Crippen molar-refractivity contribution in [2.24, 2.45) is 11.7 Å². The molecule has 1 aromatic rings. The molecule has 0 aromatic heterocycles. The second kappa shape index (κ2) is 4.98. The molecule has 0 radical (unpaired) electrons. The van der Waals surface area contributed by atoms with E-state index in [1.165, 1.54) is 0 Å². The highest BCUT2D eigenvalue weighted by Crippen LogP contribution is 2.45. The van der Waals surface area contributed by atoms with Gasteiger partial charge in [0.05, 0.1) is 11.3 Å². The van der Waals surface area contributed by atoms with Crippen LogP contribution < -0.4 is 11.1 Å². The highest BCUT2D eigenvalue weighted by Gasteiger charge is 2.52. The lowest BCUT2D eigenvalue weighted by Crippen LogP contribution is -2.57. The Morgan fingerprint density at radius 1 is 1.24 bits per heavy atom. The maximum Gasteiger partial charge on any atom is 0.231 e. The van der Waals surface area contributed by atoms with Crippen molar-refractivity contribution in [3.63, 3.8) is 0 Å². The minimum atomic E-state index is -0.986. The van der Waals surface area contributed by atoms with Gasteiger partial charge in [0.25, 0.3) is 0 Å². The molecule has 2 aliphatic rings. The minimum absolute atomic E-state index is 0.258. The number of piperidine rings is 1. The van der Waals surface area contributed by atoms with Crippen molar-refractivity contribution >= 4 is 17.7 Å². The third-order valence-corrected chi connectivity index (χ3v) is 4.79. The largest absolute Gasteiger partial charge is 0.369 e. The number of nitrogens with two attached hydrogens (primary N) is 1. The molecule has 110 valence electrons. The first-order valence-corrected chi connectivity index (χ1v) is 7.27. The number of primary amides is 1. The molecule has 21 heavy (non-hydrogen) atoms. The van der Waals surface area contributed by atoms with E-state index in [0.29, 0.717) is 12.8 Å². The Balaban J connectivity index is 2.12. The number of carbonyl (C=O) groups excluding carboxylic acids is 3. The number of nitrogens with one attached hydrogen (secondary N) is 1. The van der Waals surface area contributed by atoms with Crippen molar-refractivity contribution in [3.05, 3.63) is 35.4 Å². The van der Waals surface area contributed by atoms with E-state index in [0.717, 1.165) is 24.0 Å². The van der Waals surface area contributed by atoms with Crippen LogP contribution in [0.4, 0.5) is 0 Å². The van der Waals surface area contributed by atoms with Crippen LogP contribution in [-0.2, 0) is 26.2 Å². The fraction of sp³-hybridized carbons (Fsp3) is 0.438. The van der Waals surface area contributed by atoms with E-state index in [4.69, 9.17) is 5.73 Å². The Morgan fingerprint density at radius 2 is 2.00 bits per heavy atom. The number of hydrogen-bond acceptors (Lipinski definition) is 3. The van der Waals surface area contributed by atoms with E-state index in [2.05, 4.69) is 5.32 Å². The maximum atomic E-state index is 12.3. The van der Waals surface area contributed by atoms with Crippen LogP contribution in [0.1, 0.15) is 36.8 Å². The van der Waals surface area contributed by atoms with E-state index < -0.39 is 17.2 Å². The van der Waals surface area contributed by atoms with E-state index in [1.54, 1.807) is 0 Å². The van der Waals surface area contributed by atoms with Gasteiger partial charge in [-0.25, -0.2) is 0 Å². The fourth-order valence-corrected chi connectivity index (χ4v) is 3.82. The Hall–Kier alpha value is -2.17. The fourth-order valence-electron chi connectivity index (χ4n) is 3.82. The van der Waals surface area contributed by atoms with E-state index in [-0.39, 0.29) is 18.2 Å². The number of aryl methyl sites for hydroxylation is 1. The quantitative estimate of drug-likeness (QED) is 0.788. The summed E-state index contributed by atoms with van der Waals surface area (Å²) in [6.07, 6.45) is 2.90. The number of fused-ring (bicyclic) bond motifs is 1. The molecular formula is C16H18N2O3. The first-order valence-electron chi connectivity index (χ1n) is 7.27. The first-order chi connectivity index (χ1) is 10.1. The molecule has 2 atom stereocenters. The number of amides is 3. The van der Waals surface area contributed by atoms with Gasteiger partial charge in [0, 0.05) is 6.42 Å². The lowest BCUT2D eigenvalue weighted by atomic mass is 9.60. The number of rotatable bonds is 2. The summed E-state index contributed by atoms with van der Waals surface area (Å²) < 4.78 is 0. The van der Waals surface area contributed by atoms with Gasteiger partial charge in [-0.1, -0.05) is 24.3 Å². The highest BCUT2D eigenvalue weighted by atomic mass is 16.2. The summed E-state index contributed by atoms with van der Waals surface area (Å²) in [5.41, 5.74) is 6.69. The Kier molecular flexibility index (Phi) is 3.27. The molecule has 5 nitrogen and oxygen atoms in total. The van der Waals surface area contributed by atoms with Crippen LogP contribution in [0.3, 0.4) is 0 Å². The lowest BCUT2D eigenvalue weighted by Gasteiger charge is -2.42. The predicted octanol–water partition coefficient (Wildman–Crippen LogP) is 0.799. The maximum absolute atomic E-state index is 12.3. The molecule has 3 amide bonds. The molecule has 1 aliphatic heterocycles. The second-order valence-corrected chi connectivity index (χ2v) is 5.85. The van der Waals surface area contributed by atoms with Gasteiger partial charge in [0.15, 0.2) is 0 Å². The third-order valence-electron chi connectivity index (χ3n) is 4.79. The lowest BCUT2D eigenvalue weighted by molar-refractivity contribution is -0.143. The van der Waals surface area contributed by atoms with Gasteiger partial charge >= 0.3 is 0 Å². The summed E-state index contributed by atoms with van der Waals surface area (Å²) in [4.78, 5) is 36.0. The zero-order valence-corrected chi connectivity index (χ0v) is 11.7. The molecule has 3 rings (SSSR count). The van der Waals surface area contributed by atoms with Crippen molar-refractivity contribution in [2.75, 3.05) is 0 Å². The smallest absolute Gasteiger partial charge is 0.231 e. The number of carbonyl (C=O) groups is 3. The van der Waals surface area contributed by atoms with Crippen molar-refractivity contribution < 1.29 is 14.4 Å². The zero-order valence-electron chi connectivity index (χ0n) is 11.7. The van der Waals surface area contributed by atoms with Crippen molar-refractivity contribution in [1.82, 2.24) is 5.32 Å². The monoisotopic (exact) mass is 286 g/mol. The average Bonchev–Trinajstić information content (AvgIpc) is 2.46. The Morgan fingerprint density at radius 3 is 2.71 bits per heavy atom. The predicted molar refractivity (Wildman–Crippen MR) is 76.1 cm³/mol. The van der Waals surface area contributed by atoms with Gasteiger partial charge < -0.3 is 5.73 Å². The van der Waals surface area contributed by atoms with Crippen LogP contribution in [0.15, 0.2) is 24.3 Å².